The first-order chi connectivity index (χ1) is 11.8. The molecular formula is C19H32O5. The molecule has 1 heterocycles. The summed E-state index contributed by atoms with van der Waals surface area (Å²) in [6.45, 7) is 9.93. The van der Waals surface area contributed by atoms with Crippen LogP contribution in [0.5, 0.6) is 11.5 Å². The number of hydrogen-bond acceptors (Lipinski definition) is 5. The second kappa shape index (κ2) is 14.1. The predicted octanol–water partition coefficient (Wildman–Crippen LogP) is 4.05. The molecule has 1 aromatic carbocycles. The average Bonchev–Trinajstić information content (AvgIpc) is 3.00. The molecule has 0 radical (unpaired) electrons. The smallest absolute Gasteiger partial charge is 0.264 e. The molecule has 5 heteroatoms. The number of hydrogen-bond donors (Lipinski definition) is 0. The first-order valence-electron chi connectivity index (χ1n) is 8.97. The van der Waals surface area contributed by atoms with E-state index in [0.717, 1.165) is 30.9 Å². The van der Waals surface area contributed by atoms with Crippen LogP contribution in [0.4, 0.5) is 0 Å². The molecule has 1 aliphatic heterocycles. The fourth-order valence-corrected chi connectivity index (χ4v) is 1.89. The number of para-hydroxylation sites is 2. The first kappa shape index (κ1) is 20.7. The second-order valence-corrected chi connectivity index (χ2v) is 5.47. The largest absolute Gasteiger partial charge is 0.448 e. The monoisotopic (exact) mass is 340 g/mol. The van der Waals surface area contributed by atoms with Gasteiger partial charge in [-0.1, -0.05) is 45.7 Å². The highest BCUT2D eigenvalue weighted by Crippen LogP contribution is 2.33. The van der Waals surface area contributed by atoms with Crippen LogP contribution in [0.3, 0.4) is 0 Å². The first-order valence-corrected chi connectivity index (χ1v) is 8.97. The Hall–Kier alpha value is -1.30. The maximum absolute atomic E-state index is 5.58. The number of ether oxygens (including phenoxy) is 5. The van der Waals surface area contributed by atoms with Crippen molar-refractivity contribution in [2.75, 3.05) is 39.6 Å². The molecule has 0 atom stereocenters. The van der Waals surface area contributed by atoms with Gasteiger partial charge in [0, 0.05) is 6.61 Å². The van der Waals surface area contributed by atoms with E-state index < -0.39 is 0 Å². The third-order valence-corrected chi connectivity index (χ3v) is 3.01. The maximum atomic E-state index is 5.58. The molecule has 0 spiro atoms. The fourth-order valence-electron chi connectivity index (χ4n) is 1.89. The third kappa shape index (κ3) is 9.11. The SMILES string of the molecule is CCC.CCCCOCCOCCOCC1Oc2ccccc2O1. The van der Waals surface area contributed by atoms with E-state index >= 15 is 0 Å². The Balaban J connectivity index is 0.000000891. The van der Waals surface area contributed by atoms with Gasteiger partial charge >= 0.3 is 0 Å². The summed E-state index contributed by atoms with van der Waals surface area (Å²) in [7, 11) is 0. The zero-order chi connectivity index (χ0) is 17.5. The van der Waals surface area contributed by atoms with Crippen LogP contribution in [0.25, 0.3) is 0 Å². The molecule has 1 aromatic rings. The summed E-state index contributed by atoms with van der Waals surface area (Å²) >= 11 is 0. The van der Waals surface area contributed by atoms with Crippen molar-refractivity contribution in [3.05, 3.63) is 24.3 Å². The van der Waals surface area contributed by atoms with E-state index in [1.165, 1.54) is 6.42 Å². The lowest BCUT2D eigenvalue weighted by Gasteiger charge is -2.11. The van der Waals surface area contributed by atoms with Crippen LogP contribution in [0.2, 0.25) is 0 Å². The highest BCUT2D eigenvalue weighted by Gasteiger charge is 2.23. The van der Waals surface area contributed by atoms with Gasteiger partial charge in [0.1, 0.15) is 6.61 Å². The Bertz CT molecular complexity index is 385. The van der Waals surface area contributed by atoms with Crippen molar-refractivity contribution in [1.82, 2.24) is 0 Å². The van der Waals surface area contributed by atoms with Crippen LogP contribution >= 0.6 is 0 Å². The lowest BCUT2D eigenvalue weighted by Crippen LogP contribution is -2.25. The molecule has 5 nitrogen and oxygen atoms in total. The van der Waals surface area contributed by atoms with Crippen LogP contribution in [-0.2, 0) is 14.2 Å². The minimum atomic E-state index is -0.361. The van der Waals surface area contributed by atoms with Crippen molar-refractivity contribution in [2.24, 2.45) is 0 Å². The minimum Gasteiger partial charge on any atom is -0.448 e. The topological polar surface area (TPSA) is 46.2 Å². The predicted molar refractivity (Wildman–Crippen MR) is 94.8 cm³/mol. The van der Waals surface area contributed by atoms with Crippen molar-refractivity contribution < 1.29 is 23.7 Å². The van der Waals surface area contributed by atoms with Gasteiger partial charge in [-0.2, -0.15) is 0 Å². The zero-order valence-corrected chi connectivity index (χ0v) is 15.3. The molecule has 0 unspecified atom stereocenters. The lowest BCUT2D eigenvalue weighted by molar-refractivity contribution is -0.0499. The summed E-state index contributed by atoms with van der Waals surface area (Å²) in [6, 6.07) is 7.61. The Kier molecular flexibility index (Phi) is 12.2. The van der Waals surface area contributed by atoms with Crippen molar-refractivity contribution in [3.63, 3.8) is 0 Å². The van der Waals surface area contributed by atoms with Crippen molar-refractivity contribution in [3.8, 4) is 11.5 Å². The van der Waals surface area contributed by atoms with E-state index in [4.69, 9.17) is 23.7 Å². The third-order valence-electron chi connectivity index (χ3n) is 3.01. The van der Waals surface area contributed by atoms with Gasteiger partial charge in [0.2, 0.25) is 0 Å². The minimum absolute atomic E-state index is 0.361. The van der Waals surface area contributed by atoms with Crippen molar-refractivity contribution >= 4 is 0 Å². The molecule has 0 saturated carbocycles. The molecule has 0 amide bonds. The van der Waals surface area contributed by atoms with Gasteiger partial charge in [-0.05, 0) is 18.6 Å². The summed E-state index contributed by atoms with van der Waals surface area (Å²) in [4.78, 5) is 0. The number of fused-ring (bicyclic) bond motifs is 1. The zero-order valence-electron chi connectivity index (χ0n) is 15.3. The highest BCUT2D eigenvalue weighted by molar-refractivity contribution is 5.41. The van der Waals surface area contributed by atoms with Gasteiger partial charge in [0.05, 0.1) is 26.4 Å². The highest BCUT2D eigenvalue weighted by atomic mass is 16.7. The van der Waals surface area contributed by atoms with Crippen LogP contribution < -0.4 is 9.47 Å². The maximum Gasteiger partial charge on any atom is 0.264 e. The van der Waals surface area contributed by atoms with Crippen LogP contribution in [0.1, 0.15) is 40.0 Å². The van der Waals surface area contributed by atoms with Gasteiger partial charge in [-0.15, -0.1) is 0 Å². The molecule has 24 heavy (non-hydrogen) atoms. The Morgan fingerprint density at radius 2 is 1.29 bits per heavy atom. The van der Waals surface area contributed by atoms with Gasteiger partial charge in [-0.3, -0.25) is 0 Å². The van der Waals surface area contributed by atoms with Crippen LogP contribution in [0.15, 0.2) is 24.3 Å². The molecule has 0 aliphatic carbocycles. The molecule has 0 fully saturated rings. The Labute approximate surface area is 146 Å². The molecule has 0 N–H and O–H groups in total. The van der Waals surface area contributed by atoms with Crippen molar-refractivity contribution in [2.45, 2.75) is 46.3 Å². The fraction of sp³-hybridized carbons (Fsp3) is 0.684. The Morgan fingerprint density at radius 1 is 0.792 bits per heavy atom. The van der Waals surface area contributed by atoms with Gasteiger partial charge < -0.3 is 23.7 Å². The average molecular weight is 340 g/mol. The van der Waals surface area contributed by atoms with E-state index in [1.807, 2.05) is 24.3 Å². The van der Waals surface area contributed by atoms with Gasteiger partial charge in [0.25, 0.3) is 6.29 Å². The van der Waals surface area contributed by atoms with E-state index in [1.54, 1.807) is 0 Å². The number of unbranched alkanes of at least 4 members (excludes halogenated alkanes) is 1. The lowest BCUT2D eigenvalue weighted by atomic mass is 10.3. The van der Waals surface area contributed by atoms with Gasteiger partial charge in [-0.25, -0.2) is 0 Å². The molecule has 0 bridgehead atoms. The normalized spacial score (nSPS) is 12.8. The molecule has 0 saturated heterocycles. The number of rotatable bonds is 11. The molecule has 138 valence electrons. The van der Waals surface area contributed by atoms with E-state index in [0.29, 0.717) is 33.0 Å². The standard InChI is InChI=1S/C16H24O5.C3H8/c1-2-3-8-17-9-10-18-11-12-19-13-16-20-14-6-4-5-7-15(14)21-16;1-3-2/h4-7,16H,2-3,8-13H2,1H3;3H2,1-2H3. The van der Waals surface area contributed by atoms with Crippen molar-refractivity contribution in [1.29, 1.82) is 0 Å². The summed E-state index contributed by atoms with van der Waals surface area (Å²) in [5.74, 6) is 1.54. The van der Waals surface area contributed by atoms with Crippen LogP contribution in [-0.4, -0.2) is 45.9 Å². The van der Waals surface area contributed by atoms with Crippen LogP contribution in [0, 0.1) is 0 Å². The summed E-state index contributed by atoms with van der Waals surface area (Å²) in [5, 5.41) is 0. The van der Waals surface area contributed by atoms with Gasteiger partial charge in [0.15, 0.2) is 11.5 Å². The summed E-state index contributed by atoms with van der Waals surface area (Å²) in [5.41, 5.74) is 0. The van der Waals surface area contributed by atoms with E-state index in [9.17, 15) is 0 Å². The second-order valence-electron chi connectivity index (χ2n) is 5.47. The molecule has 0 aromatic heterocycles. The quantitative estimate of drug-likeness (QED) is 0.569. The molecular weight excluding hydrogens is 308 g/mol. The van der Waals surface area contributed by atoms with E-state index in [2.05, 4.69) is 20.8 Å². The summed E-state index contributed by atoms with van der Waals surface area (Å²) in [6.07, 6.45) is 3.15. The molecule has 2 rings (SSSR count). The summed E-state index contributed by atoms with van der Waals surface area (Å²) < 4.78 is 27.4. The Morgan fingerprint density at radius 3 is 1.83 bits per heavy atom. The van der Waals surface area contributed by atoms with E-state index in [-0.39, 0.29) is 6.29 Å². The number of benzene rings is 1. The molecule has 1 aliphatic rings.